The van der Waals surface area contributed by atoms with E-state index in [1.807, 2.05) is 0 Å². The van der Waals surface area contributed by atoms with Crippen molar-refractivity contribution >= 4 is 12.0 Å². The minimum absolute atomic E-state index is 0.0325. The van der Waals surface area contributed by atoms with Gasteiger partial charge in [-0.2, -0.15) is 0 Å². The zero-order valence-corrected chi connectivity index (χ0v) is 10.7. The Morgan fingerprint density at radius 2 is 2.15 bits per heavy atom. The van der Waals surface area contributed by atoms with Gasteiger partial charge in [-0.1, -0.05) is 0 Å². The van der Waals surface area contributed by atoms with Gasteiger partial charge in [0.2, 0.25) is 0 Å². The summed E-state index contributed by atoms with van der Waals surface area (Å²) in [5.74, 6) is -2.59. The van der Waals surface area contributed by atoms with Crippen molar-refractivity contribution in [1.82, 2.24) is 10.2 Å². The van der Waals surface area contributed by atoms with Gasteiger partial charge in [0.05, 0.1) is 6.61 Å². The van der Waals surface area contributed by atoms with Gasteiger partial charge < -0.3 is 15.0 Å². The van der Waals surface area contributed by atoms with E-state index in [-0.39, 0.29) is 12.1 Å². The van der Waals surface area contributed by atoms with Crippen LogP contribution < -0.4 is 5.32 Å². The maximum atomic E-state index is 13.0. The molecule has 1 aliphatic heterocycles. The smallest absolute Gasteiger partial charge is 0.409 e. The number of hydrogen-bond acceptors (Lipinski definition) is 3. The lowest BCUT2D eigenvalue weighted by molar-refractivity contribution is 0.0719. The average Bonchev–Trinajstić information content (AvgIpc) is 2.44. The summed E-state index contributed by atoms with van der Waals surface area (Å²) in [5.41, 5.74) is 0.0325. The molecule has 5 nitrogen and oxygen atoms in total. The minimum atomic E-state index is -1.07. The Balaban J connectivity index is 1.82. The Morgan fingerprint density at radius 1 is 1.35 bits per heavy atom. The van der Waals surface area contributed by atoms with E-state index in [0.29, 0.717) is 19.7 Å². The third-order valence-electron chi connectivity index (χ3n) is 2.91. The summed E-state index contributed by atoms with van der Waals surface area (Å²) in [6.45, 7) is 1.53. The lowest BCUT2D eigenvalue weighted by atomic mass is 10.2. The maximum Gasteiger partial charge on any atom is 0.409 e. The molecule has 2 amide bonds. The molecule has 0 saturated carbocycles. The molecule has 20 heavy (non-hydrogen) atoms. The zero-order valence-electron chi connectivity index (χ0n) is 10.7. The molecule has 7 heteroatoms. The number of carbonyl (C=O) groups is 2. The van der Waals surface area contributed by atoms with E-state index in [2.05, 4.69) is 5.32 Å². The molecule has 0 bridgehead atoms. The number of nitrogens with zero attached hydrogens (tertiary/aromatic N) is 1. The zero-order chi connectivity index (χ0) is 14.5. The highest BCUT2D eigenvalue weighted by Gasteiger charge is 2.19. The topological polar surface area (TPSA) is 58.6 Å². The van der Waals surface area contributed by atoms with E-state index in [0.717, 1.165) is 18.6 Å². The van der Waals surface area contributed by atoms with Crippen LogP contribution in [0.4, 0.5) is 13.6 Å². The molecule has 0 aromatic heterocycles. The predicted octanol–water partition coefficient (Wildman–Crippen LogP) is 1.54. The summed E-state index contributed by atoms with van der Waals surface area (Å²) in [4.78, 5) is 24.5. The molecule has 1 aliphatic rings. The van der Waals surface area contributed by atoms with E-state index >= 15 is 0 Å². The molecule has 1 heterocycles. The third-order valence-corrected chi connectivity index (χ3v) is 2.91. The van der Waals surface area contributed by atoms with Gasteiger partial charge in [0.15, 0.2) is 11.6 Å². The molecule has 0 atom stereocenters. The van der Waals surface area contributed by atoms with E-state index in [9.17, 15) is 18.4 Å². The molecule has 0 unspecified atom stereocenters. The SMILES string of the molecule is O=C(NCCN1CCCOC1=O)c1ccc(F)c(F)c1. The number of ether oxygens (including phenoxy) is 1. The van der Waals surface area contributed by atoms with Gasteiger partial charge in [-0.3, -0.25) is 4.79 Å². The van der Waals surface area contributed by atoms with E-state index < -0.39 is 23.6 Å². The minimum Gasteiger partial charge on any atom is -0.449 e. The molecule has 1 saturated heterocycles. The van der Waals surface area contributed by atoms with Crippen LogP contribution >= 0.6 is 0 Å². The number of amides is 2. The fraction of sp³-hybridized carbons (Fsp3) is 0.385. The Hall–Kier alpha value is -2.18. The van der Waals surface area contributed by atoms with Crippen LogP contribution in [0.25, 0.3) is 0 Å². The van der Waals surface area contributed by atoms with E-state index in [1.165, 1.54) is 11.0 Å². The van der Waals surface area contributed by atoms with Crippen molar-refractivity contribution in [2.75, 3.05) is 26.2 Å². The second-order valence-electron chi connectivity index (χ2n) is 4.34. The summed E-state index contributed by atoms with van der Waals surface area (Å²) < 4.78 is 30.6. The van der Waals surface area contributed by atoms with Crippen molar-refractivity contribution in [1.29, 1.82) is 0 Å². The molecule has 1 fully saturated rings. The molecule has 108 valence electrons. The van der Waals surface area contributed by atoms with Gasteiger partial charge in [0, 0.05) is 25.2 Å². The Labute approximate surface area is 114 Å². The number of cyclic esters (lactones) is 1. The standard InChI is InChI=1S/C13H14F2N2O3/c14-10-3-2-9(8-11(10)15)12(18)16-4-6-17-5-1-7-20-13(17)19/h2-3,8H,1,4-7H2,(H,16,18). The second kappa shape index (κ2) is 6.31. The summed E-state index contributed by atoms with van der Waals surface area (Å²) >= 11 is 0. The summed E-state index contributed by atoms with van der Waals surface area (Å²) in [7, 11) is 0. The summed E-state index contributed by atoms with van der Waals surface area (Å²) in [6, 6.07) is 2.93. The first-order chi connectivity index (χ1) is 9.58. The van der Waals surface area contributed by atoms with Crippen LogP contribution in [0.15, 0.2) is 18.2 Å². The molecular weight excluding hydrogens is 270 g/mol. The summed E-state index contributed by atoms with van der Waals surface area (Å²) in [6.07, 6.45) is 0.349. The highest BCUT2D eigenvalue weighted by atomic mass is 19.2. The quantitative estimate of drug-likeness (QED) is 0.912. The van der Waals surface area contributed by atoms with Gasteiger partial charge >= 0.3 is 6.09 Å². The first kappa shape index (κ1) is 14.2. The molecule has 2 rings (SSSR count). The van der Waals surface area contributed by atoms with Gasteiger partial charge in [0.25, 0.3) is 5.91 Å². The largest absolute Gasteiger partial charge is 0.449 e. The van der Waals surface area contributed by atoms with Crippen molar-refractivity contribution < 1.29 is 23.1 Å². The Bertz CT molecular complexity index is 522. The number of rotatable bonds is 4. The van der Waals surface area contributed by atoms with Crippen LogP contribution in [0.5, 0.6) is 0 Å². The number of hydrogen-bond donors (Lipinski definition) is 1. The second-order valence-corrected chi connectivity index (χ2v) is 4.34. The van der Waals surface area contributed by atoms with Crippen LogP contribution in [0.2, 0.25) is 0 Å². The molecule has 0 radical (unpaired) electrons. The third kappa shape index (κ3) is 3.43. The van der Waals surface area contributed by atoms with Crippen LogP contribution in [0, 0.1) is 11.6 Å². The van der Waals surface area contributed by atoms with Crippen molar-refractivity contribution in [2.24, 2.45) is 0 Å². The first-order valence-corrected chi connectivity index (χ1v) is 6.23. The fourth-order valence-electron chi connectivity index (χ4n) is 1.84. The predicted molar refractivity (Wildman–Crippen MR) is 66.2 cm³/mol. The van der Waals surface area contributed by atoms with Crippen molar-refractivity contribution in [3.05, 3.63) is 35.4 Å². The van der Waals surface area contributed by atoms with Crippen LogP contribution in [-0.2, 0) is 4.74 Å². The fourth-order valence-corrected chi connectivity index (χ4v) is 1.84. The lowest BCUT2D eigenvalue weighted by Crippen LogP contribution is -2.42. The molecule has 0 aliphatic carbocycles. The Morgan fingerprint density at radius 3 is 2.85 bits per heavy atom. The van der Waals surface area contributed by atoms with E-state index in [4.69, 9.17) is 4.74 Å². The van der Waals surface area contributed by atoms with Crippen molar-refractivity contribution in [3.8, 4) is 0 Å². The lowest BCUT2D eigenvalue weighted by Gasteiger charge is -2.26. The highest BCUT2D eigenvalue weighted by molar-refractivity contribution is 5.94. The van der Waals surface area contributed by atoms with Crippen LogP contribution in [0.3, 0.4) is 0 Å². The van der Waals surface area contributed by atoms with Crippen molar-refractivity contribution in [3.63, 3.8) is 0 Å². The van der Waals surface area contributed by atoms with Gasteiger partial charge in [0.1, 0.15) is 0 Å². The van der Waals surface area contributed by atoms with E-state index in [1.54, 1.807) is 0 Å². The Kier molecular flexibility index (Phi) is 4.49. The number of carbonyl (C=O) groups excluding carboxylic acids is 2. The first-order valence-electron chi connectivity index (χ1n) is 6.23. The maximum absolute atomic E-state index is 13.0. The molecule has 1 aromatic rings. The van der Waals surface area contributed by atoms with Gasteiger partial charge in [-0.25, -0.2) is 13.6 Å². The van der Waals surface area contributed by atoms with Crippen molar-refractivity contribution in [2.45, 2.75) is 6.42 Å². The molecule has 1 N–H and O–H groups in total. The summed E-state index contributed by atoms with van der Waals surface area (Å²) in [5, 5.41) is 2.54. The number of nitrogens with one attached hydrogen (secondary N) is 1. The normalized spacial score (nSPS) is 14.9. The monoisotopic (exact) mass is 284 g/mol. The average molecular weight is 284 g/mol. The molecule has 1 aromatic carbocycles. The number of halogens is 2. The molecule has 0 spiro atoms. The number of benzene rings is 1. The van der Waals surface area contributed by atoms with Gasteiger partial charge in [-0.15, -0.1) is 0 Å². The molecular formula is C13H14F2N2O3. The van der Waals surface area contributed by atoms with Gasteiger partial charge in [-0.05, 0) is 24.6 Å². The van der Waals surface area contributed by atoms with Crippen LogP contribution in [-0.4, -0.2) is 43.1 Å². The highest BCUT2D eigenvalue weighted by Crippen LogP contribution is 2.08. The van der Waals surface area contributed by atoms with Crippen LogP contribution in [0.1, 0.15) is 16.8 Å².